The van der Waals surface area contributed by atoms with E-state index in [1.54, 1.807) is 30.0 Å². The Balaban J connectivity index is 2.10. The predicted octanol–water partition coefficient (Wildman–Crippen LogP) is 4.56. The first kappa shape index (κ1) is 26.3. The molecule has 1 amide bonds. The number of amides is 1. The average Bonchev–Trinajstić information content (AvgIpc) is 2.80. The number of pyridine rings is 1. The van der Waals surface area contributed by atoms with Crippen LogP contribution in [0.5, 0.6) is 0 Å². The maximum absolute atomic E-state index is 13.3. The quantitative estimate of drug-likeness (QED) is 0.243. The molecule has 2 N–H and O–H groups in total. The summed E-state index contributed by atoms with van der Waals surface area (Å²) in [7, 11) is 4.48. The van der Waals surface area contributed by atoms with Gasteiger partial charge in [-0.1, -0.05) is 36.5 Å². The third-order valence-electron chi connectivity index (χ3n) is 5.38. The number of carbonyl (C=O) groups excluding carboxylic acids is 1. The molecule has 1 aromatic carbocycles. The average molecular weight is 521 g/mol. The molecule has 3 rings (SSSR count). The number of halogens is 1. The maximum Gasteiger partial charge on any atom is 0.281 e. The van der Waals surface area contributed by atoms with E-state index in [1.807, 2.05) is 37.9 Å². The minimum Gasteiger partial charge on any atom is -0.377 e. The number of benzene rings is 1. The van der Waals surface area contributed by atoms with Crippen molar-refractivity contribution in [3.05, 3.63) is 56.6 Å². The molecule has 0 bridgehead atoms. The fourth-order valence-electron chi connectivity index (χ4n) is 3.74. The standard InChI is InChI=1S/C23H30ClN6O2PS/c1-7-33-12-29(4)23-27-19-15(10-13(2)11-16(19)22(32)30(23)5)14(3)25-17-8-9-18(24)26-20(17)21(31)28-34-6/h8-11,14,25,33H,7,12H2,1-6H3,(H,28,31). The van der Waals surface area contributed by atoms with Crippen LogP contribution in [0.3, 0.4) is 0 Å². The summed E-state index contributed by atoms with van der Waals surface area (Å²) in [6, 6.07) is 7.00. The molecular formula is C23H30ClN6O2PS. The van der Waals surface area contributed by atoms with Gasteiger partial charge in [-0.05, 0) is 43.8 Å². The van der Waals surface area contributed by atoms with Crippen LogP contribution in [0, 0.1) is 6.92 Å². The van der Waals surface area contributed by atoms with Crippen molar-refractivity contribution in [1.82, 2.24) is 19.3 Å². The molecule has 0 saturated heterocycles. The molecule has 2 aromatic heterocycles. The van der Waals surface area contributed by atoms with Crippen LogP contribution in [-0.2, 0) is 7.05 Å². The second kappa shape index (κ2) is 11.4. The number of anilines is 2. The van der Waals surface area contributed by atoms with Crippen molar-refractivity contribution < 1.29 is 4.79 Å². The lowest BCUT2D eigenvalue weighted by molar-refractivity contribution is 0.0980. The van der Waals surface area contributed by atoms with Gasteiger partial charge < -0.3 is 10.2 Å². The fourth-order valence-corrected chi connectivity index (χ4v) is 4.87. The van der Waals surface area contributed by atoms with E-state index in [4.69, 9.17) is 16.6 Å². The highest BCUT2D eigenvalue weighted by Gasteiger charge is 2.20. The molecule has 8 nitrogen and oxygen atoms in total. The van der Waals surface area contributed by atoms with Crippen LogP contribution in [0.15, 0.2) is 29.1 Å². The van der Waals surface area contributed by atoms with Gasteiger partial charge in [-0.3, -0.25) is 18.9 Å². The zero-order chi connectivity index (χ0) is 25.0. The van der Waals surface area contributed by atoms with Crippen molar-refractivity contribution in [2.24, 2.45) is 7.05 Å². The van der Waals surface area contributed by atoms with Gasteiger partial charge in [0.15, 0.2) is 5.69 Å². The summed E-state index contributed by atoms with van der Waals surface area (Å²) in [5.41, 5.74) is 3.13. The van der Waals surface area contributed by atoms with Crippen LogP contribution in [-0.4, -0.2) is 46.2 Å². The molecule has 3 aromatic rings. The largest absolute Gasteiger partial charge is 0.377 e. The number of hydrogen-bond acceptors (Lipinski definition) is 7. The lowest BCUT2D eigenvalue weighted by atomic mass is 10.0. The van der Waals surface area contributed by atoms with E-state index >= 15 is 0 Å². The van der Waals surface area contributed by atoms with Crippen LogP contribution >= 0.6 is 32.1 Å². The first-order valence-corrected chi connectivity index (χ1v) is 13.9. The molecule has 2 heterocycles. The van der Waals surface area contributed by atoms with Gasteiger partial charge in [0.1, 0.15) is 5.15 Å². The molecule has 0 saturated carbocycles. The molecule has 182 valence electrons. The van der Waals surface area contributed by atoms with Crippen LogP contribution in [0.2, 0.25) is 5.15 Å². The number of nitrogens with zero attached hydrogens (tertiary/aromatic N) is 4. The molecule has 2 unspecified atom stereocenters. The number of aryl methyl sites for hydroxylation is 1. The van der Waals surface area contributed by atoms with Gasteiger partial charge in [0.05, 0.1) is 22.6 Å². The summed E-state index contributed by atoms with van der Waals surface area (Å²) < 4.78 is 4.30. The third kappa shape index (κ3) is 5.65. The van der Waals surface area contributed by atoms with E-state index < -0.39 is 0 Å². The Kier molecular flexibility index (Phi) is 8.79. The highest BCUT2D eigenvalue weighted by Crippen LogP contribution is 2.29. The summed E-state index contributed by atoms with van der Waals surface area (Å²) >= 11 is 7.24. The molecule has 34 heavy (non-hydrogen) atoms. The van der Waals surface area contributed by atoms with Crippen LogP contribution < -0.4 is 20.5 Å². The Morgan fingerprint density at radius 1 is 1.32 bits per heavy atom. The number of nitrogens with one attached hydrogen (secondary N) is 2. The lowest BCUT2D eigenvalue weighted by Crippen LogP contribution is -2.29. The van der Waals surface area contributed by atoms with E-state index in [0.717, 1.165) is 32.2 Å². The molecule has 0 aliphatic carbocycles. The monoisotopic (exact) mass is 520 g/mol. The van der Waals surface area contributed by atoms with Crippen molar-refractivity contribution in [1.29, 1.82) is 0 Å². The second-order valence-corrected chi connectivity index (χ2v) is 10.5. The van der Waals surface area contributed by atoms with Crippen molar-refractivity contribution in [3.8, 4) is 0 Å². The number of fused-ring (bicyclic) bond motifs is 1. The van der Waals surface area contributed by atoms with Gasteiger partial charge in [0.25, 0.3) is 11.5 Å². The summed E-state index contributed by atoms with van der Waals surface area (Å²) in [5.74, 6) is 0.287. The topological polar surface area (TPSA) is 92.2 Å². The molecule has 0 spiro atoms. The number of carbonyl (C=O) groups is 1. The highest BCUT2D eigenvalue weighted by atomic mass is 35.5. The molecule has 0 aliphatic rings. The second-order valence-electron chi connectivity index (χ2n) is 8.02. The van der Waals surface area contributed by atoms with Crippen LogP contribution in [0.1, 0.15) is 41.5 Å². The van der Waals surface area contributed by atoms with Gasteiger partial charge in [0, 0.05) is 32.2 Å². The number of hydrogen-bond donors (Lipinski definition) is 2. The van der Waals surface area contributed by atoms with Crippen molar-refractivity contribution in [3.63, 3.8) is 0 Å². The minimum absolute atomic E-state index is 0.0861. The minimum atomic E-state index is -0.341. The smallest absolute Gasteiger partial charge is 0.281 e. The molecular weight excluding hydrogens is 491 g/mol. The Bertz CT molecular complexity index is 1270. The van der Waals surface area contributed by atoms with E-state index in [-0.39, 0.29) is 28.4 Å². The number of aromatic nitrogens is 3. The summed E-state index contributed by atoms with van der Waals surface area (Å²) in [5, 5.41) is 4.18. The Hall–Kier alpha value is -2.35. The molecule has 0 radical (unpaired) electrons. The third-order valence-corrected chi connectivity index (χ3v) is 7.18. The summed E-state index contributed by atoms with van der Waals surface area (Å²) in [6.07, 6.45) is 3.68. The van der Waals surface area contributed by atoms with Gasteiger partial charge in [-0.2, -0.15) is 0 Å². The normalized spacial score (nSPS) is 12.3. The Labute approximate surface area is 210 Å². The van der Waals surface area contributed by atoms with Gasteiger partial charge in [-0.25, -0.2) is 9.97 Å². The van der Waals surface area contributed by atoms with Gasteiger partial charge >= 0.3 is 0 Å². The summed E-state index contributed by atoms with van der Waals surface area (Å²) in [6.45, 7) is 6.07. The van der Waals surface area contributed by atoms with Gasteiger partial charge in [-0.15, -0.1) is 8.58 Å². The van der Waals surface area contributed by atoms with E-state index in [1.165, 1.54) is 11.9 Å². The fraction of sp³-hybridized carbons (Fsp3) is 0.391. The first-order chi connectivity index (χ1) is 16.2. The van der Waals surface area contributed by atoms with E-state index in [2.05, 4.69) is 21.9 Å². The van der Waals surface area contributed by atoms with E-state index in [9.17, 15) is 9.59 Å². The molecule has 0 fully saturated rings. The van der Waals surface area contributed by atoms with Crippen molar-refractivity contribution in [2.75, 3.05) is 36.0 Å². The zero-order valence-corrected chi connectivity index (χ0v) is 22.8. The van der Waals surface area contributed by atoms with E-state index in [0.29, 0.717) is 22.5 Å². The van der Waals surface area contributed by atoms with Gasteiger partial charge in [0.2, 0.25) is 5.95 Å². The molecule has 11 heteroatoms. The van der Waals surface area contributed by atoms with Crippen molar-refractivity contribution >= 4 is 60.6 Å². The van der Waals surface area contributed by atoms with Crippen molar-refractivity contribution in [2.45, 2.75) is 26.8 Å². The SMILES string of the molecule is CCPCN(C)c1nc2c(C(C)Nc3ccc(Cl)nc3C(=O)NSC)cc(C)cc2c(=O)n1C. The Morgan fingerprint density at radius 2 is 2.06 bits per heavy atom. The molecule has 2 atom stereocenters. The summed E-state index contributed by atoms with van der Waals surface area (Å²) in [4.78, 5) is 37.0. The van der Waals surface area contributed by atoms with Crippen LogP contribution in [0.25, 0.3) is 10.9 Å². The zero-order valence-electron chi connectivity index (χ0n) is 20.2. The van der Waals surface area contributed by atoms with Crippen LogP contribution in [0.4, 0.5) is 11.6 Å². The highest BCUT2D eigenvalue weighted by molar-refractivity contribution is 7.97. The molecule has 0 aliphatic heterocycles. The Morgan fingerprint density at radius 3 is 2.74 bits per heavy atom. The lowest BCUT2D eigenvalue weighted by Gasteiger charge is -2.23. The maximum atomic E-state index is 13.3. The predicted molar refractivity (Wildman–Crippen MR) is 146 cm³/mol. The number of rotatable bonds is 9. The first-order valence-electron chi connectivity index (χ1n) is 10.9.